The largest absolute Gasteiger partial charge is 0.383 e. The average molecular weight is 411 g/mol. The number of hydrogen-bond donors (Lipinski definition) is 1. The van der Waals surface area contributed by atoms with E-state index in [0.29, 0.717) is 5.02 Å². The van der Waals surface area contributed by atoms with Crippen LogP contribution in [0.15, 0.2) is 60.9 Å². The van der Waals surface area contributed by atoms with Crippen molar-refractivity contribution in [3.63, 3.8) is 0 Å². The molecule has 1 unspecified atom stereocenters. The predicted molar refractivity (Wildman–Crippen MR) is 91.8 cm³/mol. The first-order valence-corrected chi connectivity index (χ1v) is 7.84. The minimum Gasteiger partial charge on any atom is -0.383 e. The van der Waals surface area contributed by atoms with Gasteiger partial charge in [-0.3, -0.25) is 0 Å². The highest BCUT2D eigenvalue weighted by Crippen LogP contribution is 2.28. The second-order valence-electron chi connectivity index (χ2n) is 4.62. The van der Waals surface area contributed by atoms with Crippen molar-refractivity contribution in [3.8, 4) is 5.69 Å². The van der Waals surface area contributed by atoms with Gasteiger partial charge in [0.25, 0.3) is 0 Å². The van der Waals surface area contributed by atoms with E-state index in [4.69, 9.17) is 11.6 Å². The summed E-state index contributed by atoms with van der Waals surface area (Å²) < 4.78 is 2.72. The van der Waals surface area contributed by atoms with E-state index >= 15 is 0 Å². The van der Waals surface area contributed by atoms with Gasteiger partial charge in [0.15, 0.2) is 0 Å². The third-order valence-electron chi connectivity index (χ3n) is 3.19. The Morgan fingerprint density at radius 3 is 2.67 bits per heavy atom. The van der Waals surface area contributed by atoms with Gasteiger partial charge in [-0.15, -0.1) is 0 Å². The Morgan fingerprint density at radius 1 is 1.14 bits per heavy atom. The lowest BCUT2D eigenvalue weighted by Gasteiger charge is -2.11. The van der Waals surface area contributed by atoms with Crippen LogP contribution >= 0.6 is 34.2 Å². The van der Waals surface area contributed by atoms with Gasteiger partial charge in [0.2, 0.25) is 0 Å². The summed E-state index contributed by atoms with van der Waals surface area (Å²) in [5.74, 6) is 0. The van der Waals surface area contributed by atoms with Crippen LogP contribution in [0.2, 0.25) is 5.02 Å². The SMILES string of the molecule is OC(c1cnn(-c2ccccc2)c1)c1cc(Cl)ccc1I. The second-order valence-corrected chi connectivity index (χ2v) is 6.22. The number of aliphatic hydroxyl groups excluding tert-OH is 1. The topological polar surface area (TPSA) is 38.1 Å². The van der Waals surface area contributed by atoms with Gasteiger partial charge >= 0.3 is 0 Å². The first-order valence-electron chi connectivity index (χ1n) is 6.38. The van der Waals surface area contributed by atoms with Crippen molar-refractivity contribution < 1.29 is 5.11 Å². The van der Waals surface area contributed by atoms with E-state index in [-0.39, 0.29) is 0 Å². The highest BCUT2D eigenvalue weighted by molar-refractivity contribution is 14.1. The molecule has 0 fully saturated rings. The first kappa shape index (κ1) is 14.6. The number of hydrogen-bond acceptors (Lipinski definition) is 2. The molecule has 0 radical (unpaired) electrons. The lowest BCUT2D eigenvalue weighted by molar-refractivity contribution is 0.219. The predicted octanol–water partition coefficient (Wildman–Crippen LogP) is 4.21. The van der Waals surface area contributed by atoms with E-state index in [1.165, 1.54) is 0 Å². The Labute approximate surface area is 141 Å². The molecule has 0 spiro atoms. The number of para-hydroxylation sites is 1. The smallest absolute Gasteiger partial charge is 0.108 e. The zero-order chi connectivity index (χ0) is 14.8. The molecule has 0 aliphatic rings. The summed E-state index contributed by atoms with van der Waals surface area (Å²) in [5.41, 5.74) is 2.48. The van der Waals surface area contributed by atoms with E-state index < -0.39 is 6.10 Å². The van der Waals surface area contributed by atoms with Crippen molar-refractivity contribution in [2.75, 3.05) is 0 Å². The molecule has 3 aromatic rings. The van der Waals surface area contributed by atoms with Gasteiger partial charge in [0, 0.05) is 20.4 Å². The number of halogens is 2. The van der Waals surface area contributed by atoms with Crippen LogP contribution in [0.1, 0.15) is 17.2 Å². The van der Waals surface area contributed by atoms with Gasteiger partial charge in [-0.05, 0) is 58.5 Å². The molecule has 0 amide bonds. The lowest BCUT2D eigenvalue weighted by Crippen LogP contribution is -2.01. The summed E-state index contributed by atoms with van der Waals surface area (Å²) in [7, 11) is 0. The van der Waals surface area contributed by atoms with Crippen molar-refractivity contribution in [3.05, 3.63) is 80.6 Å². The van der Waals surface area contributed by atoms with Crippen molar-refractivity contribution in [2.24, 2.45) is 0 Å². The van der Waals surface area contributed by atoms with E-state index in [0.717, 1.165) is 20.4 Å². The van der Waals surface area contributed by atoms with Crippen LogP contribution < -0.4 is 0 Å². The Bertz CT molecular complexity index is 758. The molecule has 2 aromatic carbocycles. The standard InChI is InChI=1S/C16H12ClIN2O/c17-12-6-7-15(18)14(8-12)16(21)11-9-19-20(10-11)13-4-2-1-3-5-13/h1-10,16,21H. The molecule has 0 aliphatic carbocycles. The molecule has 0 aliphatic heterocycles. The fourth-order valence-electron chi connectivity index (χ4n) is 2.10. The van der Waals surface area contributed by atoms with Gasteiger partial charge in [0.1, 0.15) is 6.10 Å². The Hall–Kier alpha value is -1.37. The molecule has 1 heterocycles. The van der Waals surface area contributed by atoms with Gasteiger partial charge in [-0.25, -0.2) is 4.68 Å². The van der Waals surface area contributed by atoms with Crippen molar-refractivity contribution in [1.82, 2.24) is 9.78 Å². The second kappa shape index (κ2) is 6.17. The van der Waals surface area contributed by atoms with Gasteiger partial charge in [-0.2, -0.15) is 5.10 Å². The minimum absolute atomic E-state index is 0.611. The Morgan fingerprint density at radius 2 is 1.90 bits per heavy atom. The fourth-order valence-corrected chi connectivity index (χ4v) is 2.91. The van der Waals surface area contributed by atoms with Crippen LogP contribution in [0.5, 0.6) is 0 Å². The maximum absolute atomic E-state index is 10.5. The summed E-state index contributed by atoms with van der Waals surface area (Å²) >= 11 is 8.21. The van der Waals surface area contributed by atoms with Crippen molar-refractivity contribution in [2.45, 2.75) is 6.10 Å². The highest BCUT2D eigenvalue weighted by atomic mass is 127. The molecular weight excluding hydrogens is 399 g/mol. The van der Waals surface area contributed by atoms with Crippen LogP contribution in [-0.2, 0) is 0 Å². The Kier molecular flexibility index (Phi) is 4.28. The van der Waals surface area contributed by atoms with Crippen molar-refractivity contribution in [1.29, 1.82) is 0 Å². The number of benzene rings is 2. The maximum atomic E-state index is 10.5. The molecule has 0 bridgehead atoms. The fraction of sp³-hybridized carbons (Fsp3) is 0.0625. The zero-order valence-corrected chi connectivity index (χ0v) is 13.9. The zero-order valence-electron chi connectivity index (χ0n) is 10.9. The monoisotopic (exact) mass is 410 g/mol. The summed E-state index contributed by atoms with van der Waals surface area (Å²) in [6, 6.07) is 15.3. The van der Waals surface area contributed by atoms with Crippen LogP contribution in [0.3, 0.4) is 0 Å². The third-order valence-corrected chi connectivity index (χ3v) is 4.41. The molecule has 3 rings (SSSR count). The van der Waals surface area contributed by atoms with Crippen LogP contribution in [-0.4, -0.2) is 14.9 Å². The van der Waals surface area contributed by atoms with Gasteiger partial charge in [0.05, 0.1) is 11.9 Å². The number of nitrogens with zero attached hydrogens (tertiary/aromatic N) is 2. The molecular formula is C16H12ClIN2O. The molecule has 21 heavy (non-hydrogen) atoms. The van der Waals surface area contributed by atoms with Crippen LogP contribution in [0, 0.1) is 3.57 Å². The van der Waals surface area contributed by atoms with Gasteiger partial charge in [-0.1, -0.05) is 29.8 Å². The molecule has 0 saturated heterocycles. The van der Waals surface area contributed by atoms with E-state index in [9.17, 15) is 5.11 Å². The average Bonchev–Trinajstić information content (AvgIpc) is 3.00. The van der Waals surface area contributed by atoms with Crippen LogP contribution in [0.4, 0.5) is 0 Å². The molecule has 0 saturated carbocycles. The lowest BCUT2D eigenvalue weighted by atomic mass is 10.1. The first-order chi connectivity index (χ1) is 10.1. The van der Waals surface area contributed by atoms with E-state index in [1.54, 1.807) is 16.9 Å². The third kappa shape index (κ3) is 3.12. The molecule has 1 N–H and O–H groups in total. The molecule has 1 aromatic heterocycles. The van der Waals surface area contributed by atoms with E-state index in [1.807, 2.05) is 48.7 Å². The number of aliphatic hydroxyl groups is 1. The summed E-state index contributed by atoms with van der Waals surface area (Å²) in [6.07, 6.45) is 2.76. The summed E-state index contributed by atoms with van der Waals surface area (Å²) in [5, 5.41) is 15.5. The van der Waals surface area contributed by atoms with Crippen LogP contribution in [0.25, 0.3) is 5.69 Å². The summed E-state index contributed by atoms with van der Waals surface area (Å²) in [6.45, 7) is 0. The van der Waals surface area contributed by atoms with E-state index in [2.05, 4.69) is 27.7 Å². The molecule has 3 nitrogen and oxygen atoms in total. The minimum atomic E-state index is -0.743. The highest BCUT2D eigenvalue weighted by Gasteiger charge is 2.16. The molecule has 1 atom stereocenters. The maximum Gasteiger partial charge on any atom is 0.108 e. The summed E-state index contributed by atoms with van der Waals surface area (Å²) in [4.78, 5) is 0. The number of aromatic nitrogens is 2. The number of rotatable bonds is 3. The normalized spacial score (nSPS) is 12.3. The Balaban J connectivity index is 1.94. The molecule has 5 heteroatoms. The molecule has 106 valence electrons. The van der Waals surface area contributed by atoms with Crippen molar-refractivity contribution >= 4 is 34.2 Å². The quantitative estimate of drug-likeness (QED) is 0.657. The van der Waals surface area contributed by atoms with Gasteiger partial charge < -0.3 is 5.11 Å².